The molecule has 0 N–H and O–H groups in total. The summed E-state index contributed by atoms with van der Waals surface area (Å²) >= 11 is 3.42. The van der Waals surface area contributed by atoms with E-state index in [1.807, 2.05) is 42.5 Å². The lowest BCUT2D eigenvalue weighted by atomic mass is 10.0. The molecule has 2 aliphatic rings. The molecule has 7 heteroatoms. The van der Waals surface area contributed by atoms with Crippen molar-refractivity contribution < 1.29 is 18.7 Å². The van der Waals surface area contributed by atoms with Gasteiger partial charge in [-0.25, -0.2) is 4.79 Å². The van der Waals surface area contributed by atoms with E-state index >= 15 is 0 Å². The first-order valence-electron chi connectivity index (χ1n) is 9.27. The Kier molecular flexibility index (Phi) is 4.40. The Balaban J connectivity index is 1.43. The molecule has 6 nitrogen and oxygen atoms in total. The second-order valence-electron chi connectivity index (χ2n) is 6.99. The highest BCUT2D eigenvalue weighted by Gasteiger charge is 2.29. The monoisotopic (exact) mass is 462 g/mol. The summed E-state index contributed by atoms with van der Waals surface area (Å²) in [6.45, 7) is 2.09. The van der Waals surface area contributed by atoms with Gasteiger partial charge in [-0.3, -0.25) is 4.79 Å². The van der Waals surface area contributed by atoms with Gasteiger partial charge in [-0.15, -0.1) is 0 Å². The van der Waals surface area contributed by atoms with Crippen LogP contribution in [-0.2, 0) is 16.1 Å². The van der Waals surface area contributed by atoms with Crippen LogP contribution in [0.1, 0.15) is 28.6 Å². The van der Waals surface area contributed by atoms with Crippen molar-refractivity contribution in [3.05, 3.63) is 81.5 Å². The summed E-state index contributed by atoms with van der Waals surface area (Å²) in [7, 11) is 0. The number of hydrazone groups is 1. The first-order chi connectivity index (χ1) is 14.5. The lowest BCUT2D eigenvalue weighted by Gasteiger charge is -2.11. The van der Waals surface area contributed by atoms with Crippen molar-refractivity contribution in [2.24, 2.45) is 5.10 Å². The molecule has 5 rings (SSSR count). The molecule has 1 aromatic heterocycles. The predicted molar refractivity (Wildman–Crippen MR) is 116 cm³/mol. The Bertz CT molecular complexity index is 1270. The van der Waals surface area contributed by atoms with E-state index in [0.29, 0.717) is 40.7 Å². The summed E-state index contributed by atoms with van der Waals surface area (Å²) in [5.74, 6) is 0.593. The fourth-order valence-electron chi connectivity index (χ4n) is 3.46. The van der Waals surface area contributed by atoms with Crippen LogP contribution in [0.3, 0.4) is 0 Å². The second-order valence-corrected chi connectivity index (χ2v) is 7.91. The SMILES string of the molecule is CC1=NN(c2cccc(Br)c2)C(=O)C1=Cc1ccc(-c2ccc3c(c2)C(=O)OC3)o1. The summed E-state index contributed by atoms with van der Waals surface area (Å²) in [6, 6.07) is 16.5. The molecule has 0 saturated carbocycles. The third kappa shape index (κ3) is 3.17. The fraction of sp³-hybridized carbons (Fsp3) is 0.0870. The van der Waals surface area contributed by atoms with Crippen LogP contribution in [0, 0.1) is 0 Å². The van der Waals surface area contributed by atoms with Crippen LogP contribution >= 0.6 is 15.9 Å². The van der Waals surface area contributed by atoms with E-state index in [9.17, 15) is 9.59 Å². The number of amides is 1. The standard InChI is InChI=1S/C23H15BrN2O4/c1-13-19(22(27)26(25-13)17-4-2-3-16(24)10-17)11-18-7-8-21(30-18)14-5-6-15-12-29-23(28)20(15)9-14/h2-11H,12H2,1H3. The molecule has 0 radical (unpaired) electrons. The van der Waals surface area contributed by atoms with Gasteiger partial charge >= 0.3 is 5.97 Å². The molecule has 0 spiro atoms. The van der Waals surface area contributed by atoms with Crippen molar-refractivity contribution >= 4 is 45.3 Å². The number of fused-ring (bicyclic) bond motifs is 1. The van der Waals surface area contributed by atoms with Crippen molar-refractivity contribution in [3.8, 4) is 11.3 Å². The Morgan fingerprint density at radius 2 is 1.97 bits per heavy atom. The quantitative estimate of drug-likeness (QED) is 0.396. The predicted octanol–water partition coefficient (Wildman–Crippen LogP) is 5.19. The minimum Gasteiger partial charge on any atom is -0.457 e. The van der Waals surface area contributed by atoms with Crippen LogP contribution < -0.4 is 5.01 Å². The minimum atomic E-state index is -0.322. The van der Waals surface area contributed by atoms with Crippen molar-refractivity contribution in [1.29, 1.82) is 0 Å². The van der Waals surface area contributed by atoms with Gasteiger partial charge in [0.25, 0.3) is 5.91 Å². The normalized spacial score (nSPS) is 16.8. The maximum Gasteiger partial charge on any atom is 0.338 e. The lowest BCUT2D eigenvalue weighted by molar-refractivity contribution is -0.114. The van der Waals surface area contributed by atoms with E-state index in [-0.39, 0.29) is 11.9 Å². The number of carbonyl (C=O) groups is 2. The van der Waals surface area contributed by atoms with Crippen LogP contribution in [0.4, 0.5) is 5.69 Å². The van der Waals surface area contributed by atoms with Gasteiger partial charge < -0.3 is 9.15 Å². The molecular weight excluding hydrogens is 448 g/mol. The van der Waals surface area contributed by atoms with Crippen molar-refractivity contribution in [3.63, 3.8) is 0 Å². The van der Waals surface area contributed by atoms with E-state index < -0.39 is 0 Å². The van der Waals surface area contributed by atoms with Crippen molar-refractivity contribution in [2.75, 3.05) is 5.01 Å². The summed E-state index contributed by atoms with van der Waals surface area (Å²) in [6.07, 6.45) is 1.68. The highest BCUT2D eigenvalue weighted by molar-refractivity contribution is 9.10. The maximum atomic E-state index is 12.9. The highest BCUT2D eigenvalue weighted by atomic mass is 79.9. The molecule has 1 amide bonds. The molecular formula is C23H15BrN2O4. The lowest BCUT2D eigenvalue weighted by Crippen LogP contribution is -2.21. The number of furan rings is 1. The van der Waals surface area contributed by atoms with Gasteiger partial charge in [0.05, 0.1) is 22.5 Å². The largest absolute Gasteiger partial charge is 0.457 e. The molecule has 0 atom stereocenters. The van der Waals surface area contributed by atoms with Crippen LogP contribution in [0.25, 0.3) is 17.4 Å². The molecule has 0 bridgehead atoms. The number of hydrogen-bond acceptors (Lipinski definition) is 5. The van der Waals surface area contributed by atoms with Crippen molar-refractivity contribution in [2.45, 2.75) is 13.5 Å². The van der Waals surface area contributed by atoms with Gasteiger partial charge in [0.2, 0.25) is 0 Å². The number of ether oxygens (including phenoxy) is 1. The summed E-state index contributed by atoms with van der Waals surface area (Å²) < 4.78 is 11.8. The van der Waals surface area contributed by atoms with Gasteiger partial charge in [0.1, 0.15) is 18.1 Å². The molecule has 0 saturated heterocycles. The number of rotatable bonds is 3. The average Bonchev–Trinajstić information content (AvgIpc) is 3.43. The van der Waals surface area contributed by atoms with Gasteiger partial charge in [-0.1, -0.05) is 34.1 Å². The number of benzene rings is 2. The van der Waals surface area contributed by atoms with Gasteiger partial charge in [-0.2, -0.15) is 10.1 Å². The number of cyclic esters (lactones) is 1. The Morgan fingerprint density at radius 1 is 1.10 bits per heavy atom. The smallest absolute Gasteiger partial charge is 0.338 e. The summed E-state index contributed by atoms with van der Waals surface area (Å²) in [5, 5.41) is 5.77. The van der Waals surface area contributed by atoms with Crippen LogP contribution in [0.2, 0.25) is 0 Å². The molecule has 2 aromatic carbocycles. The number of esters is 1. The number of hydrogen-bond donors (Lipinski definition) is 0. The maximum absolute atomic E-state index is 12.9. The zero-order valence-corrected chi connectivity index (χ0v) is 17.5. The molecule has 2 aliphatic heterocycles. The molecule has 0 aliphatic carbocycles. The Morgan fingerprint density at radius 3 is 2.80 bits per heavy atom. The molecule has 0 unspecified atom stereocenters. The van der Waals surface area contributed by atoms with Gasteiger partial charge in [0.15, 0.2) is 0 Å². The Hall–Kier alpha value is -3.45. The topological polar surface area (TPSA) is 72.1 Å². The third-order valence-corrected chi connectivity index (χ3v) is 5.50. The molecule has 3 aromatic rings. The van der Waals surface area contributed by atoms with Crippen LogP contribution in [0.15, 0.2) is 74.2 Å². The molecule has 148 valence electrons. The fourth-order valence-corrected chi connectivity index (χ4v) is 3.85. The van der Waals surface area contributed by atoms with Crippen molar-refractivity contribution in [1.82, 2.24) is 0 Å². The third-order valence-electron chi connectivity index (χ3n) is 5.00. The molecule has 3 heterocycles. The van der Waals surface area contributed by atoms with Crippen LogP contribution in [-0.4, -0.2) is 17.6 Å². The van der Waals surface area contributed by atoms with E-state index in [2.05, 4.69) is 21.0 Å². The Labute approximate surface area is 180 Å². The zero-order valence-electron chi connectivity index (χ0n) is 15.9. The van der Waals surface area contributed by atoms with Crippen LogP contribution in [0.5, 0.6) is 0 Å². The minimum absolute atomic E-state index is 0.219. The molecule has 0 fully saturated rings. The summed E-state index contributed by atoms with van der Waals surface area (Å²) in [5.41, 5.74) is 3.96. The molecule has 30 heavy (non-hydrogen) atoms. The summed E-state index contributed by atoms with van der Waals surface area (Å²) in [4.78, 5) is 24.7. The van der Waals surface area contributed by atoms with Gasteiger partial charge in [-0.05, 0) is 49.4 Å². The van der Waals surface area contributed by atoms with Gasteiger partial charge in [0, 0.05) is 15.6 Å². The van der Waals surface area contributed by atoms with E-state index in [1.165, 1.54) is 5.01 Å². The number of anilines is 1. The average molecular weight is 463 g/mol. The number of halogens is 1. The zero-order chi connectivity index (χ0) is 20.8. The van der Waals surface area contributed by atoms with E-state index in [4.69, 9.17) is 9.15 Å². The number of carbonyl (C=O) groups excluding carboxylic acids is 2. The van der Waals surface area contributed by atoms with E-state index in [1.54, 1.807) is 25.1 Å². The highest BCUT2D eigenvalue weighted by Crippen LogP contribution is 2.30. The van der Waals surface area contributed by atoms with E-state index in [0.717, 1.165) is 15.6 Å². The first kappa shape index (κ1) is 18.6. The first-order valence-corrected chi connectivity index (χ1v) is 10.1. The second kappa shape index (κ2) is 7.11. The number of nitrogens with zero attached hydrogens (tertiary/aromatic N) is 2.